The summed E-state index contributed by atoms with van der Waals surface area (Å²) in [4.78, 5) is 24.4. The summed E-state index contributed by atoms with van der Waals surface area (Å²) < 4.78 is 10.7. The first-order valence-corrected chi connectivity index (χ1v) is 8.75. The van der Waals surface area contributed by atoms with Crippen LogP contribution in [-0.4, -0.2) is 24.1 Å². The molecule has 7 heteroatoms. The van der Waals surface area contributed by atoms with Gasteiger partial charge in [-0.2, -0.15) is 0 Å². The van der Waals surface area contributed by atoms with Gasteiger partial charge in [-0.3, -0.25) is 4.79 Å². The van der Waals surface area contributed by atoms with Crippen molar-refractivity contribution in [3.63, 3.8) is 0 Å². The highest BCUT2D eigenvalue weighted by atomic mass is 35.5. The molecule has 0 heterocycles. The summed E-state index contributed by atoms with van der Waals surface area (Å²) in [5.74, 6) is -0.440. The van der Waals surface area contributed by atoms with E-state index in [0.29, 0.717) is 27.0 Å². The Labute approximate surface area is 162 Å². The maximum atomic E-state index is 12.2. The smallest absolute Gasteiger partial charge is 0.338 e. The maximum Gasteiger partial charge on any atom is 0.338 e. The lowest BCUT2D eigenvalue weighted by Gasteiger charge is -2.14. The van der Waals surface area contributed by atoms with Gasteiger partial charge in [-0.1, -0.05) is 23.2 Å². The Balaban J connectivity index is 1.96. The monoisotopic (exact) mass is 395 g/mol. The van der Waals surface area contributed by atoms with Crippen molar-refractivity contribution in [1.82, 2.24) is 0 Å². The molecule has 0 aliphatic carbocycles. The summed E-state index contributed by atoms with van der Waals surface area (Å²) >= 11 is 11.8. The fourth-order valence-electron chi connectivity index (χ4n) is 2.09. The summed E-state index contributed by atoms with van der Waals surface area (Å²) in [5.41, 5.74) is 0.747. The number of hydrogen-bond acceptors (Lipinski definition) is 4. The number of halogens is 2. The Bertz CT molecular complexity index is 770. The van der Waals surface area contributed by atoms with Gasteiger partial charge in [0, 0.05) is 15.7 Å². The number of benzene rings is 2. The zero-order chi connectivity index (χ0) is 19.3. The molecule has 1 atom stereocenters. The van der Waals surface area contributed by atoms with Gasteiger partial charge in [0.25, 0.3) is 5.91 Å². The van der Waals surface area contributed by atoms with Gasteiger partial charge < -0.3 is 14.8 Å². The van der Waals surface area contributed by atoms with E-state index in [-0.39, 0.29) is 6.10 Å². The molecule has 2 aromatic rings. The van der Waals surface area contributed by atoms with E-state index in [1.807, 2.05) is 13.8 Å². The van der Waals surface area contributed by atoms with Gasteiger partial charge in [-0.25, -0.2) is 4.79 Å². The third-order valence-electron chi connectivity index (χ3n) is 3.24. The molecule has 0 bridgehead atoms. The summed E-state index contributed by atoms with van der Waals surface area (Å²) in [7, 11) is 0. The second kappa shape index (κ2) is 8.92. The molecular formula is C19H19Cl2NO4. The van der Waals surface area contributed by atoms with Crippen LogP contribution in [0.4, 0.5) is 5.69 Å². The Kier molecular flexibility index (Phi) is 6.89. The van der Waals surface area contributed by atoms with Crippen LogP contribution in [0.1, 0.15) is 31.1 Å². The Morgan fingerprint density at radius 2 is 1.54 bits per heavy atom. The van der Waals surface area contributed by atoms with Gasteiger partial charge in [-0.05, 0) is 63.2 Å². The van der Waals surface area contributed by atoms with Gasteiger partial charge in [0.2, 0.25) is 0 Å². The number of carbonyl (C=O) groups is 2. The third-order valence-corrected chi connectivity index (χ3v) is 3.68. The highest BCUT2D eigenvalue weighted by molar-refractivity contribution is 6.35. The quantitative estimate of drug-likeness (QED) is 0.701. The topological polar surface area (TPSA) is 64.6 Å². The molecule has 0 unspecified atom stereocenters. The lowest BCUT2D eigenvalue weighted by molar-refractivity contribution is -0.123. The molecule has 0 fully saturated rings. The molecule has 26 heavy (non-hydrogen) atoms. The highest BCUT2D eigenvalue weighted by Gasteiger charge is 2.19. The number of ether oxygens (including phenoxy) is 2. The van der Waals surface area contributed by atoms with Gasteiger partial charge in [0.15, 0.2) is 6.10 Å². The van der Waals surface area contributed by atoms with Crippen LogP contribution >= 0.6 is 23.2 Å². The Morgan fingerprint density at radius 1 is 0.962 bits per heavy atom. The minimum absolute atomic E-state index is 0.0384. The van der Waals surface area contributed by atoms with E-state index < -0.39 is 18.0 Å². The van der Waals surface area contributed by atoms with E-state index in [4.69, 9.17) is 32.7 Å². The average molecular weight is 396 g/mol. The van der Waals surface area contributed by atoms with Crippen LogP contribution in [0.2, 0.25) is 10.0 Å². The van der Waals surface area contributed by atoms with E-state index >= 15 is 0 Å². The molecule has 0 aromatic heterocycles. The number of anilines is 1. The largest absolute Gasteiger partial charge is 0.491 e. The second-order valence-corrected chi connectivity index (χ2v) is 6.76. The van der Waals surface area contributed by atoms with Crippen molar-refractivity contribution in [3.05, 3.63) is 58.1 Å². The lowest BCUT2D eigenvalue weighted by atomic mass is 10.2. The first-order chi connectivity index (χ1) is 12.2. The molecule has 0 saturated heterocycles. The molecule has 0 saturated carbocycles. The average Bonchev–Trinajstić information content (AvgIpc) is 2.53. The van der Waals surface area contributed by atoms with Crippen LogP contribution in [0.3, 0.4) is 0 Å². The van der Waals surface area contributed by atoms with Crippen molar-refractivity contribution in [3.8, 4) is 5.75 Å². The molecule has 1 N–H and O–H groups in total. The number of rotatable bonds is 6. The van der Waals surface area contributed by atoms with Gasteiger partial charge >= 0.3 is 5.97 Å². The van der Waals surface area contributed by atoms with Crippen molar-refractivity contribution in [2.75, 3.05) is 5.32 Å². The van der Waals surface area contributed by atoms with Crippen molar-refractivity contribution in [2.45, 2.75) is 33.0 Å². The molecule has 0 aliphatic rings. The van der Waals surface area contributed by atoms with Gasteiger partial charge in [-0.15, -0.1) is 0 Å². The fraction of sp³-hybridized carbons (Fsp3) is 0.263. The van der Waals surface area contributed by atoms with Crippen LogP contribution in [0.25, 0.3) is 0 Å². The van der Waals surface area contributed by atoms with Crippen LogP contribution in [0, 0.1) is 0 Å². The van der Waals surface area contributed by atoms with E-state index in [1.54, 1.807) is 42.5 Å². The molecule has 0 aliphatic heterocycles. The third kappa shape index (κ3) is 5.93. The standard InChI is InChI=1S/C19H19Cl2NO4/c1-11(2)25-17-6-4-13(5-7-17)19(24)26-12(3)18(23)22-16-9-14(20)8-15(21)10-16/h4-12H,1-3H3,(H,22,23)/t12-/m0/s1. The fourth-order valence-corrected chi connectivity index (χ4v) is 2.62. The number of hydrogen-bond donors (Lipinski definition) is 1. The number of carbonyl (C=O) groups excluding carboxylic acids is 2. The molecule has 1 amide bonds. The van der Waals surface area contributed by atoms with Crippen molar-refractivity contribution in [1.29, 1.82) is 0 Å². The summed E-state index contributed by atoms with van der Waals surface area (Å²) in [6.45, 7) is 5.31. The van der Waals surface area contributed by atoms with E-state index in [1.165, 1.54) is 6.92 Å². The molecular weight excluding hydrogens is 377 g/mol. The molecule has 0 radical (unpaired) electrons. The van der Waals surface area contributed by atoms with Gasteiger partial charge in [0.05, 0.1) is 11.7 Å². The molecule has 0 spiro atoms. The van der Waals surface area contributed by atoms with Crippen molar-refractivity contribution in [2.24, 2.45) is 0 Å². The van der Waals surface area contributed by atoms with Crippen LogP contribution < -0.4 is 10.1 Å². The number of esters is 1. The maximum absolute atomic E-state index is 12.2. The van der Waals surface area contributed by atoms with E-state index in [9.17, 15) is 9.59 Å². The predicted octanol–water partition coefficient (Wildman–Crippen LogP) is 4.96. The summed E-state index contributed by atoms with van der Waals surface area (Å²) in [6, 6.07) is 11.2. The van der Waals surface area contributed by atoms with Crippen LogP contribution in [0.5, 0.6) is 5.75 Å². The highest BCUT2D eigenvalue weighted by Crippen LogP contribution is 2.22. The van der Waals surface area contributed by atoms with Crippen LogP contribution in [0.15, 0.2) is 42.5 Å². The zero-order valence-corrected chi connectivity index (χ0v) is 16.1. The lowest BCUT2D eigenvalue weighted by Crippen LogP contribution is -2.30. The van der Waals surface area contributed by atoms with Gasteiger partial charge in [0.1, 0.15) is 5.75 Å². The molecule has 138 valence electrons. The molecule has 2 aromatic carbocycles. The molecule has 5 nitrogen and oxygen atoms in total. The number of amides is 1. The van der Waals surface area contributed by atoms with Crippen molar-refractivity contribution >= 4 is 40.8 Å². The van der Waals surface area contributed by atoms with Crippen LogP contribution in [-0.2, 0) is 9.53 Å². The minimum Gasteiger partial charge on any atom is -0.491 e. The second-order valence-electron chi connectivity index (χ2n) is 5.89. The number of nitrogens with one attached hydrogen (secondary N) is 1. The summed E-state index contributed by atoms with van der Waals surface area (Å²) in [5, 5.41) is 3.39. The molecule has 2 rings (SSSR count). The minimum atomic E-state index is -0.994. The predicted molar refractivity (Wildman–Crippen MR) is 102 cm³/mol. The normalized spacial score (nSPS) is 11.8. The Morgan fingerprint density at radius 3 is 2.08 bits per heavy atom. The first kappa shape index (κ1) is 20.1. The zero-order valence-electron chi connectivity index (χ0n) is 14.6. The first-order valence-electron chi connectivity index (χ1n) is 7.99. The Hall–Kier alpha value is -2.24. The summed E-state index contributed by atoms with van der Waals surface area (Å²) in [6.07, 6.45) is -0.955. The SMILES string of the molecule is CC(C)Oc1ccc(C(=O)O[C@@H](C)C(=O)Nc2cc(Cl)cc(Cl)c2)cc1. The van der Waals surface area contributed by atoms with E-state index in [0.717, 1.165) is 0 Å². The van der Waals surface area contributed by atoms with Crippen molar-refractivity contribution < 1.29 is 19.1 Å². The van der Waals surface area contributed by atoms with E-state index in [2.05, 4.69) is 5.32 Å².